The van der Waals surface area contributed by atoms with Crippen LogP contribution in [0.25, 0.3) is 10.8 Å². The van der Waals surface area contributed by atoms with Crippen molar-refractivity contribution in [3.63, 3.8) is 0 Å². The van der Waals surface area contributed by atoms with Crippen molar-refractivity contribution in [1.82, 2.24) is 10.2 Å². The second kappa shape index (κ2) is 10.5. The van der Waals surface area contributed by atoms with Gasteiger partial charge in [0.05, 0.1) is 0 Å². The number of carbonyl (C=O) groups excluding carboxylic acids is 1. The van der Waals surface area contributed by atoms with Gasteiger partial charge in [-0.1, -0.05) is 67.9 Å². The monoisotopic (exact) mass is 416 g/mol. The molecule has 4 heteroatoms. The predicted octanol–water partition coefficient (Wildman–Crippen LogP) is 5.30. The Kier molecular flexibility index (Phi) is 7.21. The zero-order valence-electron chi connectivity index (χ0n) is 18.3. The number of benzene rings is 3. The Bertz CT molecular complexity index is 1010. The SMILES string of the molecule is CC[C@H](Oc1ccc2ccccc2c1)C(=O)NCc1ccccc1CN1CCCCC1. The number of fused-ring (bicyclic) bond motifs is 1. The summed E-state index contributed by atoms with van der Waals surface area (Å²) in [4.78, 5) is 15.4. The first-order valence-corrected chi connectivity index (χ1v) is 11.5. The van der Waals surface area contributed by atoms with E-state index in [-0.39, 0.29) is 5.91 Å². The fourth-order valence-corrected chi connectivity index (χ4v) is 4.27. The number of amides is 1. The van der Waals surface area contributed by atoms with Crippen LogP contribution in [0.3, 0.4) is 0 Å². The highest BCUT2D eigenvalue weighted by Gasteiger charge is 2.19. The van der Waals surface area contributed by atoms with E-state index < -0.39 is 6.10 Å². The number of nitrogens with one attached hydrogen (secondary N) is 1. The highest BCUT2D eigenvalue weighted by molar-refractivity contribution is 5.84. The van der Waals surface area contributed by atoms with Gasteiger partial charge in [-0.2, -0.15) is 0 Å². The van der Waals surface area contributed by atoms with Crippen molar-refractivity contribution >= 4 is 16.7 Å². The minimum absolute atomic E-state index is 0.0663. The first-order valence-electron chi connectivity index (χ1n) is 11.5. The Hall–Kier alpha value is -2.85. The van der Waals surface area contributed by atoms with Crippen LogP contribution in [0.15, 0.2) is 66.7 Å². The maximum Gasteiger partial charge on any atom is 0.261 e. The van der Waals surface area contributed by atoms with E-state index in [1.807, 2.05) is 43.3 Å². The van der Waals surface area contributed by atoms with Crippen molar-refractivity contribution < 1.29 is 9.53 Å². The summed E-state index contributed by atoms with van der Waals surface area (Å²) in [6, 6.07) is 22.6. The van der Waals surface area contributed by atoms with E-state index in [9.17, 15) is 4.79 Å². The average Bonchev–Trinajstić information content (AvgIpc) is 2.82. The summed E-state index contributed by atoms with van der Waals surface area (Å²) in [5, 5.41) is 5.38. The van der Waals surface area contributed by atoms with Crippen molar-refractivity contribution in [3.8, 4) is 5.75 Å². The summed E-state index contributed by atoms with van der Waals surface area (Å²) in [7, 11) is 0. The number of rotatable bonds is 8. The zero-order valence-corrected chi connectivity index (χ0v) is 18.3. The van der Waals surface area contributed by atoms with Gasteiger partial charge in [-0.3, -0.25) is 9.69 Å². The highest BCUT2D eigenvalue weighted by Crippen LogP contribution is 2.22. The van der Waals surface area contributed by atoms with Gasteiger partial charge in [0.15, 0.2) is 6.10 Å². The molecule has 0 radical (unpaired) electrons. The number of nitrogens with zero attached hydrogens (tertiary/aromatic N) is 1. The molecule has 3 aromatic carbocycles. The Balaban J connectivity index is 1.37. The lowest BCUT2D eigenvalue weighted by molar-refractivity contribution is -0.128. The van der Waals surface area contributed by atoms with E-state index >= 15 is 0 Å². The smallest absolute Gasteiger partial charge is 0.261 e. The molecule has 162 valence electrons. The van der Waals surface area contributed by atoms with Gasteiger partial charge in [-0.25, -0.2) is 0 Å². The van der Waals surface area contributed by atoms with E-state index in [1.165, 1.54) is 30.4 Å². The summed E-state index contributed by atoms with van der Waals surface area (Å²) in [6.07, 6.45) is 4.01. The third-order valence-corrected chi connectivity index (χ3v) is 6.08. The third-order valence-electron chi connectivity index (χ3n) is 6.08. The molecule has 0 spiro atoms. The summed E-state index contributed by atoms with van der Waals surface area (Å²) in [6.45, 7) is 5.79. The zero-order chi connectivity index (χ0) is 21.5. The van der Waals surface area contributed by atoms with Gasteiger partial charge < -0.3 is 10.1 Å². The molecule has 1 aliphatic rings. The summed E-state index contributed by atoms with van der Waals surface area (Å²) >= 11 is 0. The molecule has 1 heterocycles. The van der Waals surface area contributed by atoms with Crippen molar-refractivity contribution in [1.29, 1.82) is 0 Å². The van der Waals surface area contributed by atoms with Gasteiger partial charge in [-0.15, -0.1) is 0 Å². The van der Waals surface area contributed by atoms with Crippen LogP contribution in [0.4, 0.5) is 0 Å². The van der Waals surface area contributed by atoms with Gasteiger partial charge in [-0.05, 0) is 66.4 Å². The van der Waals surface area contributed by atoms with Gasteiger partial charge in [0.25, 0.3) is 5.91 Å². The fourth-order valence-electron chi connectivity index (χ4n) is 4.27. The lowest BCUT2D eigenvalue weighted by Gasteiger charge is -2.27. The molecule has 0 aromatic heterocycles. The Morgan fingerprint density at radius 3 is 2.42 bits per heavy atom. The third kappa shape index (κ3) is 5.65. The molecule has 31 heavy (non-hydrogen) atoms. The lowest BCUT2D eigenvalue weighted by Crippen LogP contribution is -2.38. The summed E-state index contributed by atoms with van der Waals surface area (Å²) < 4.78 is 6.05. The molecule has 1 amide bonds. The van der Waals surface area contributed by atoms with Crippen LogP contribution in [0.2, 0.25) is 0 Å². The minimum atomic E-state index is -0.504. The van der Waals surface area contributed by atoms with Crippen LogP contribution in [-0.2, 0) is 17.9 Å². The second-order valence-electron chi connectivity index (χ2n) is 8.35. The maximum atomic E-state index is 12.9. The normalized spacial score (nSPS) is 15.5. The molecule has 4 nitrogen and oxygen atoms in total. The van der Waals surface area contributed by atoms with E-state index in [4.69, 9.17) is 4.74 Å². The molecule has 0 unspecified atom stereocenters. The van der Waals surface area contributed by atoms with Crippen molar-refractivity contribution in [2.75, 3.05) is 13.1 Å². The molecule has 0 aliphatic carbocycles. The van der Waals surface area contributed by atoms with Crippen LogP contribution >= 0.6 is 0 Å². The Morgan fingerprint density at radius 2 is 1.65 bits per heavy atom. The lowest BCUT2D eigenvalue weighted by atomic mass is 10.0. The molecule has 0 bridgehead atoms. The summed E-state index contributed by atoms with van der Waals surface area (Å²) in [5.41, 5.74) is 2.48. The van der Waals surface area contributed by atoms with Crippen molar-refractivity contribution in [2.45, 2.75) is 51.8 Å². The Labute approximate surface area is 185 Å². The van der Waals surface area contributed by atoms with Crippen LogP contribution in [-0.4, -0.2) is 30.0 Å². The molecule has 1 fully saturated rings. The van der Waals surface area contributed by atoms with Crippen molar-refractivity contribution in [3.05, 3.63) is 77.9 Å². The first-order chi connectivity index (χ1) is 15.2. The van der Waals surface area contributed by atoms with Gasteiger partial charge >= 0.3 is 0 Å². The van der Waals surface area contributed by atoms with Crippen LogP contribution in [0, 0.1) is 0 Å². The largest absolute Gasteiger partial charge is 0.481 e. The number of carbonyl (C=O) groups is 1. The van der Waals surface area contributed by atoms with Gasteiger partial charge in [0.2, 0.25) is 0 Å². The standard InChI is InChI=1S/C27H32N2O2/c1-2-26(31-25-15-14-21-10-4-5-11-22(21)18-25)27(30)28-19-23-12-6-7-13-24(23)20-29-16-8-3-9-17-29/h4-7,10-15,18,26H,2-3,8-9,16-17,19-20H2,1H3,(H,28,30)/t26-/m0/s1. The highest BCUT2D eigenvalue weighted by atomic mass is 16.5. The molecule has 1 atom stereocenters. The van der Waals surface area contributed by atoms with E-state index in [1.54, 1.807) is 0 Å². The molecule has 4 rings (SSSR count). The van der Waals surface area contributed by atoms with E-state index in [0.29, 0.717) is 13.0 Å². The van der Waals surface area contributed by atoms with Crippen LogP contribution < -0.4 is 10.1 Å². The quantitative estimate of drug-likeness (QED) is 0.542. The van der Waals surface area contributed by atoms with Gasteiger partial charge in [0.1, 0.15) is 5.75 Å². The molecule has 1 aliphatic heterocycles. The fraction of sp³-hybridized carbons (Fsp3) is 0.370. The molecule has 1 saturated heterocycles. The molecular weight excluding hydrogens is 384 g/mol. The second-order valence-corrected chi connectivity index (χ2v) is 8.35. The van der Waals surface area contributed by atoms with E-state index in [2.05, 4.69) is 40.5 Å². The molecule has 0 saturated carbocycles. The molecular formula is C27H32N2O2. The van der Waals surface area contributed by atoms with Crippen LogP contribution in [0.1, 0.15) is 43.7 Å². The number of hydrogen-bond donors (Lipinski definition) is 1. The molecule has 1 N–H and O–H groups in total. The maximum absolute atomic E-state index is 12.9. The molecule has 3 aromatic rings. The van der Waals surface area contributed by atoms with Gasteiger partial charge in [0, 0.05) is 13.1 Å². The minimum Gasteiger partial charge on any atom is -0.481 e. The van der Waals surface area contributed by atoms with Crippen LogP contribution in [0.5, 0.6) is 5.75 Å². The Morgan fingerprint density at radius 1 is 0.935 bits per heavy atom. The predicted molar refractivity (Wildman–Crippen MR) is 126 cm³/mol. The van der Waals surface area contributed by atoms with E-state index in [0.717, 1.165) is 36.2 Å². The number of ether oxygens (including phenoxy) is 1. The number of hydrogen-bond acceptors (Lipinski definition) is 3. The number of piperidine rings is 1. The number of likely N-dealkylation sites (tertiary alicyclic amines) is 1. The first kappa shape index (κ1) is 21.4. The topological polar surface area (TPSA) is 41.6 Å². The average molecular weight is 417 g/mol. The summed E-state index contributed by atoms with van der Waals surface area (Å²) in [5.74, 6) is 0.662. The van der Waals surface area contributed by atoms with Crippen molar-refractivity contribution in [2.24, 2.45) is 0 Å².